The lowest BCUT2D eigenvalue weighted by atomic mass is 10.0. The fourth-order valence-electron chi connectivity index (χ4n) is 2.47. The highest BCUT2D eigenvalue weighted by molar-refractivity contribution is 5.85. The third-order valence-corrected chi connectivity index (χ3v) is 3.89. The number of aromatic nitrogens is 1. The first kappa shape index (κ1) is 18.3. The highest BCUT2D eigenvalue weighted by Crippen LogP contribution is 2.30. The molecule has 0 atom stereocenters. The molecule has 2 rings (SSSR count). The number of para-hydroxylation sites is 1. The molecule has 0 aliphatic carbocycles. The van der Waals surface area contributed by atoms with Crippen LogP contribution in [-0.4, -0.2) is 25.4 Å². The molecule has 0 fully saturated rings. The number of nitrogens with zero attached hydrogens (tertiary/aromatic N) is 3. The number of hydrogen-bond acceptors (Lipinski definition) is 7. The van der Waals surface area contributed by atoms with Gasteiger partial charge in [-0.2, -0.15) is 10.4 Å². The summed E-state index contributed by atoms with van der Waals surface area (Å²) in [5.41, 5.74) is 3.67. The van der Waals surface area contributed by atoms with Gasteiger partial charge in [0.15, 0.2) is 11.5 Å². The minimum absolute atomic E-state index is 0.185. The van der Waals surface area contributed by atoms with Crippen LogP contribution in [0.5, 0.6) is 11.5 Å². The summed E-state index contributed by atoms with van der Waals surface area (Å²) in [7, 11) is 3.14. The van der Waals surface area contributed by atoms with Crippen LogP contribution < -0.4 is 14.9 Å². The van der Waals surface area contributed by atoms with E-state index in [0.717, 1.165) is 18.4 Å². The van der Waals surface area contributed by atoms with Crippen LogP contribution in [0.4, 0.5) is 5.88 Å². The average molecular weight is 342 g/mol. The molecular weight excluding hydrogens is 320 g/mol. The molecule has 7 heteroatoms. The zero-order valence-electron chi connectivity index (χ0n) is 14.9. The first-order chi connectivity index (χ1) is 12.2. The van der Waals surface area contributed by atoms with Gasteiger partial charge in [0.25, 0.3) is 5.88 Å². The first-order valence-electron chi connectivity index (χ1n) is 8.09. The Balaban J connectivity index is 2.22. The molecule has 0 saturated carbocycles. The van der Waals surface area contributed by atoms with Crippen LogP contribution in [0.3, 0.4) is 0 Å². The van der Waals surface area contributed by atoms with Gasteiger partial charge in [0.2, 0.25) is 11.6 Å². The molecule has 1 aromatic heterocycles. The van der Waals surface area contributed by atoms with Crippen molar-refractivity contribution in [1.29, 1.82) is 5.26 Å². The van der Waals surface area contributed by atoms with Crippen LogP contribution in [0.2, 0.25) is 0 Å². The van der Waals surface area contributed by atoms with E-state index in [-0.39, 0.29) is 17.5 Å². The van der Waals surface area contributed by atoms with Gasteiger partial charge in [0.1, 0.15) is 6.07 Å². The third-order valence-electron chi connectivity index (χ3n) is 3.89. The molecule has 0 aliphatic rings. The maximum absolute atomic E-state index is 9.22. The number of hydrazone groups is 1. The number of hydrogen-bond donors (Lipinski definition) is 1. The Morgan fingerprint density at radius 1 is 1.32 bits per heavy atom. The molecule has 0 spiro atoms. The quantitative estimate of drug-likeness (QED) is 0.577. The zero-order chi connectivity index (χ0) is 18.2. The Morgan fingerprint density at radius 3 is 2.68 bits per heavy atom. The summed E-state index contributed by atoms with van der Waals surface area (Å²) in [6.45, 7) is 4.12. The standard InChI is InChI=1S/C18H22N4O3/c1-5-12(6-2)17-21-14(10-19)18(25-17)22-20-11-13-8-7-9-15(23-3)16(13)24-4/h7-9,11-12,22H,5-6H2,1-4H3. The molecule has 0 bridgehead atoms. The lowest BCUT2D eigenvalue weighted by Gasteiger charge is -2.09. The molecule has 1 N–H and O–H groups in total. The Kier molecular flexibility index (Phi) is 6.40. The van der Waals surface area contributed by atoms with E-state index in [1.165, 1.54) is 0 Å². The van der Waals surface area contributed by atoms with Crippen molar-refractivity contribution in [3.05, 3.63) is 35.3 Å². The van der Waals surface area contributed by atoms with Gasteiger partial charge in [-0.3, -0.25) is 0 Å². The maximum atomic E-state index is 9.22. The minimum Gasteiger partial charge on any atom is -0.493 e. The second-order valence-corrected chi connectivity index (χ2v) is 5.31. The number of nitrogens with one attached hydrogen (secondary N) is 1. The van der Waals surface area contributed by atoms with Gasteiger partial charge >= 0.3 is 0 Å². The van der Waals surface area contributed by atoms with Crippen molar-refractivity contribution in [2.45, 2.75) is 32.6 Å². The monoisotopic (exact) mass is 342 g/mol. The molecule has 0 aliphatic heterocycles. The number of benzene rings is 1. The molecule has 132 valence electrons. The predicted octanol–water partition coefficient (Wildman–Crippen LogP) is 3.91. The van der Waals surface area contributed by atoms with Gasteiger partial charge in [-0.1, -0.05) is 19.9 Å². The van der Waals surface area contributed by atoms with Crippen LogP contribution >= 0.6 is 0 Å². The molecule has 0 unspecified atom stereocenters. The van der Waals surface area contributed by atoms with Crippen molar-refractivity contribution in [3.8, 4) is 17.6 Å². The summed E-state index contributed by atoms with van der Waals surface area (Å²) >= 11 is 0. The zero-order valence-corrected chi connectivity index (χ0v) is 14.9. The molecule has 0 saturated heterocycles. The number of anilines is 1. The normalized spacial score (nSPS) is 10.9. The molecule has 7 nitrogen and oxygen atoms in total. The van der Waals surface area contributed by atoms with E-state index >= 15 is 0 Å². The number of rotatable bonds is 8. The smallest absolute Gasteiger partial charge is 0.252 e. The number of oxazole rings is 1. The van der Waals surface area contributed by atoms with E-state index in [2.05, 4.69) is 29.4 Å². The summed E-state index contributed by atoms with van der Waals surface area (Å²) in [5, 5.41) is 13.4. The predicted molar refractivity (Wildman–Crippen MR) is 95.3 cm³/mol. The van der Waals surface area contributed by atoms with E-state index in [9.17, 15) is 5.26 Å². The van der Waals surface area contributed by atoms with E-state index in [0.29, 0.717) is 17.4 Å². The van der Waals surface area contributed by atoms with Crippen molar-refractivity contribution in [1.82, 2.24) is 4.98 Å². The lowest BCUT2D eigenvalue weighted by Crippen LogP contribution is -1.97. The largest absolute Gasteiger partial charge is 0.493 e. The van der Waals surface area contributed by atoms with Crippen LogP contribution in [-0.2, 0) is 0 Å². The average Bonchev–Trinajstić information content (AvgIpc) is 3.05. The van der Waals surface area contributed by atoms with Crippen molar-refractivity contribution in [2.24, 2.45) is 5.10 Å². The highest BCUT2D eigenvalue weighted by atomic mass is 16.5. The topological polar surface area (TPSA) is 92.7 Å². The highest BCUT2D eigenvalue weighted by Gasteiger charge is 2.18. The molecular formula is C18H22N4O3. The summed E-state index contributed by atoms with van der Waals surface area (Å²) < 4.78 is 16.3. The van der Waals surface area contributed by atoms with Gasteiger partial charge in [0, 0.05) is 11.5 Å². The minimum atomic E-state index is 0.185. The van der Waals surface area contributed by atoms with Crippen molar-refractivity contribution >= 4 is 12.1 Å². The van der Waals surface area contributed by atoms with Crippen molar-refractivity contribution in [2.75, 3.05) is 19.6 Å². The van der Waals surface area contributed by atoms with E-state index < -0.39 is 0 Å². The number of nitriles is 1. The second-order valence-electron chi connectivity index (χ2n) is 5.31. The maximum Gasteiger partial charge on any atom is 0.252 e. The molecule has 2 aromatic rings. The van der Waals surface area contributed by atoms with Crippen LogP contribution in [0.25, 0.3) is 0 Å². The number of methoxy groups -OCH3 is 2. The third kappa shape index (κ3) is 4.10. The van der Waals surface area contributed by atoms with Crippen LogP contribution in [0.1, 0.15) is 49.8 Å². The van der Waals surface area contributed by atoms with Gasteiger partial charge in [-0.25, -0.2) is 10.4 Å². The van der Waals surface area contributed by atoms with Gasteiger partial charge in [-0.15, -0.1) is 0 Å². The SMILES string of the molecule is CCC(CC)c1nc(C#N)c(NN=Cc2cccc(OC)c2OC)o1. The Morgan fingerprint density at radius 2 is 2.08 bits per heavy atom. The fourth-order valence-corrected chi connectivity index (χ4v) is 2.47. The van der Waals surface area contributed by atoms with E-state index in [1.807, 2.05) is 18.2 Å². The molecule has 1 heterocycles. The van der Waals surface area contributed by atoms with Crippen LogP contribution in [0.15, 0.2) is 27.7 Å². The van der Waals surface area contributed by atoms with Crippen molar-refractivity contribution in [3.63, 3.8) is 0 Å². The Hall–Kier alpha value is -3.01. The summed E-state index contributed by atoms with van der Waals surface area (Å²) in [5.74, 6) is 2.16. The molecule has 0 radical (unpaired) electrons. The van der Waals surface area contributed by atoms with Gasteiger partial charge < -0.3 is 13.9 Å². The Labute approximate surface area is 147 Å². The molecule has 0 amide bonds. The Bertz CT molecular complexity index is 773. The van der Waals surface area contributed by atoms with E-state index in [4.69, 9.17) is 13.9 Å². The summed E-state index contributed by atoms with van der Waals surface area (Å²) in [4.78, 5) is 4.25. The van der Waals surface area contributed by atoms with E-state index in [1.54, 1.807) is 26.5 Å². The van der Waals surface area contributed by atoms with Crippen LogP contribution in [0, 0.1) is 11.3 Å². The lowest BCUT2D eigenvalue weighted by molar-refractivity contribution is 0.354. The molecule has 1 aromatic carbocycles. The molecule has 25 heavy (non-hydrogen) atoms. The first-order valence-corrected chi connectivity index (χ1v) is 8.09. The fraction of sp³-hybridized carbons (Fsp3) is 0.389. The van der Waals surface area contributed by atoms with Crippen molar-refractivity contribution < 1.29 is 13.9 Å². The van der Waals surface area contributed by atoms with Gasteiger partial charge in [0.05, 0.1) is 20.4 Å². The van der Waals surface area contributed by atoms with Gasteiger partial charge in [-0.05, 0) is 25.0 Å². The summed E-state index contributed by atoms with van der Waals surface area (Å²) in [6, 6.07) is 7.50. The second kappa shape index (κ2) is 8.73. The number of ether oxygens (including phenoxy) is 2. The summed E-state index contributed by atoms with van der Waals surface area (Å²) in [6.07, 6.45) is 3.36.